The Bertz CT molecular complexity index is 951. The van der Waals surface area contributed by atoms with E-state index in [0.717, 1.165) is 24.6 Å². The minimum absolute atomic E-state index is 0. The normalized spacial score (nSPS) is 16.1. The highest BCUT2D eigenvalue weighted by molar-refractivity contribution is 14.0. The predicted molar refractivity (Wildman–Crippen MR) is 142 cm³/mol. The number of benzene rings is 2. The van der Waals surface area contributed by atoms with Crippen LogP contribution in [0.1, 0.15) is 35.3 Å². The second-order valence-electron chi connectivity index (χ2n) is 7.96. The summed E-state index contributed by atoms with van der Waals surface area (Å²) in [5.74, 6) is 1.39. The van der Waals surface area contributed by atoms with Gasteiger partial charge in [-0.1, -0.05) is 35.9 Å². The van der Waals surface area contributed by atoms with Gasteiger partial charge in [-0.3, -0.25) is 9.79 Å². The van der Waals surface area contributed by atoms with E-state index in [1.54, 1.807) is 7.05 Å². The van der Waals surface area contributed by atoms with E-state index in [-0.39, 0.29) is 42.6 Å². The van der Waals surface area contributed by atoms with Crippen LogP contribution in [0.15, 0.2) is 47.5 Å². The van der Waals surface area contributed by atoms with Gasteiger partial charge in [-0.25, -0.2) is 0 Å². The Balaban J connectivity index is 0.00000385. The standard InChI is InChI=1S/C25H34N4O3.HI/c1-5-27-24(30)17-32-21-8-6-7-20(14-21)15-28-25(26-4)29-11-12-31-23(16-29)22-10-9-18(2)13-19(22)3;/h6-10,13-14,23H,5,11-12,15-17H2,1-4H3,(H,26,28)(H,27,30);1H. The van der Waals surface area contributed by atoms with Crippen LogP contribution in [-0.4, -0.2) is 56.7 Å². The maximum absolute atomic E-state index is 11.6. The number of ether oxygens (including phenoxy) is 2. The van der Waals surface area contributed by atoms with Gasteiger partial charge in [0.15, 0.2) is 12.6 Å². The number of rotatable bonds is 7. The number of guanidine groups is 1. The Kier molecular flexibility index (Phi) is 10.9. The molecular weight excluding hydrogens is 531 g/mol. The van der Waals surface area contributed by atoms with Crippen LogP contribution < -0.4 is 15.4 Å². The number of halogens is 1. The van der Waals surface area contributed by atoms with Crippen molar-refractivity contribution < 1.29 is 14.3 Å². The zero-order valence-corrected chi connectivity index (χ0v) is 22.2. The molecule has 0 bridgehead atoms. The smallest absolute Gasteiger partial charge is 0.257 e. The third kappa shape index (κ3) is 7.89. The average Bonchev–Trinajstić information content (AvgIpc) is 2.79. The van der Waals surface area contributed by atoms with Crippen LogP contribution in [0.2, 0.25) is 0 Å². The van der Waals surface area contributed by atoms with E-state index in [1.165, 1.54) is 16.7 Å². The van der Waals surface area contributed by atoms with E-state index in [4.69, 9.17) is 9.47 Å². The number of amides is 1. The number of aliphatic imine (C=N–C) groups is 1. The van der Waals surface area contributed by atoms with E-state index in [1.807, 2.05) is 31.2 Å². The van der Waals surface area contributed by atoms with Gasteiger partial charge in [0, 0.05) is 26.7 Å². The van der Waals surface area contributed by atoms with Crippen molar-refractivity contribution in [3.05, 3.63) is 64.7 Å². The molecule has 0 saturated carbocycles. The number of carbonyl (C=O) groups is 1. The minimum Gasteiger partial charge on any atom is -0.484 e. The highest BCUT2D eigenvalue weighted by Gasteiger charge is 2.25. The number of likely N-dealkylation sites (N-methyl/N-ethyl adjacent to an activating group) is 1. The van der Waals surface area contributed by atoms with E-state index in [9.17, 15) is 4.79 Å². The van der Waals surface area contributed by atoms with Crippen LogP contribution in [0.3, 0.4) is 0 Å². The number of nitrogens with zero attached hydrogens (tertiary/aromatic N) is 2. The minimum atomic E-state index is -0.123. The molecule has 0 radical (unpaired) electrons. The fourth-order valence-corrected chi connectivity index (χ4v) is 3.87. The van der Waals surface area contributed by atoms with Crippen LogP contribution in [-0.2, 0) is 16.1 Å². The summed E-state index contributed by atoms with van der Waals surface area (Å²) in [7, 11) is 1.80. The van der Waals surface area contributed by atoms with Gasteiger partial charge in [0.2, 0.25) is 0 Å². The van der Waals surface area contributed by atoms with Gasteiger partial charge in [0.1, 0.15) is 11.9 Å². The average molecular weight is 566 g/mol. The van der Waals surface area contributed by atoms with Gasteiger partial charge < -0.3 is 25.0 Å². The van der Waals surface area contributed by atoms with Crippen molar-refractivity contribution in [2.24, 2.45) is 4.99 Å². The van der Waals surface area contributed by atoms with E-state index in [0.29, 0.717) is 25.4 Å². The van der Waals surface area contributed by atoms with Gasteiger partial charge in [-0.05, 0) is 49.6 Å². The third-order valence-electron chi connectivity index (χ3n) is 5.44. The lowest BCUT2D eigenvalue weighted by atomic mass is 10.00. The molecule has 2 N–H and O–H groups in total. The topological polar surface area (TPSA) is 75.2 Å². The summed E-state index contributed by atoms with van der Waals surface area (Å²) >= 11 is 0. The van der Waals surface area contributed by atoms with Crippen molar-refractivity contribution >= 4 is 35.8 Å². The number of nitrogens with one attached hydrogen (secondary N) is 2. The first-order valence-electron chi connectivity index (χ1n) is 11.1. The Morgan fingerprint density at radius 2 is 2.03 bits per heavy atom. The zero-order valence-electron chi connectivity index (χ0n) is 19.9. The molecular formula is C25H35IN4O3. The molecule has 8 heteroatoms. The van der Waals surface area contributed by atoms with Gasteiger partial charge in [0.05, 0.1) is 13.2 Å². The molecule has 33 heavy (non-hydrogen) atoms. The maximum atomic E-state index is 11.6. The van der Waals surface area contributed by atoms with Crippen LogP contribution in [0.25, 0.3) is 0 Å². The van der Waals surface area contributed by atoms with Crippen molar-refractivity contribution in [2.45, 2.75) is 33.4 Å². The third-order valence-corrected chi connectivity index (χ3v) is 5.44. The van der Waals surface area contributed by atoms with Crippen molar-refractivity contribution in [1.82, 2.24) is 15.5 Å². The molecule has 1 fully saturated rings. The summed E-state index contributed by atoms with van der Waals surface area (Å²) in [6.07, 6.45) is 0.0221. The fraction of sp³-hybridized carbons (Fsp3) is 0.440. The van der Waals surface area contributed by atoms with Crippen LogP contribution in [0.4, 0.5) is 0 Å². The highest BCUT2D eigenvalue weighted by Crippen LogP contribution is 2.26. The first-order valence-corrected chi connectivity index (χ1v) is 11.1. The first kappa shape index (κ1) is 26.9. The quantitative estimate of drug-likeness (QED) is 0.305. The number of morpholine rings is 1. The van der Waals surface area contributed by atoms with Crippen LogP contribution in [0, 0.1) is 13.8 Å². The molecule has 7 nitrogen and oxygen atoms in total. The lowest BCUT2D eigenvalue weighted by molar-refractivity contribution is -0.122. The summed E-state index contributed by atoms with van der Waals surface area (Å²) in [5.41, 5.74) is 4.80. The summed E-state index contributed by atoms with van der Waals surface area (Å²) < 4.78 is 11.7. The summed E-state index contributed by atoms with van der Waals surface area (Å²) in [6.45, 7) is 9.54. The van der Waals surface area contributed by atoms with Crippen molar-refractivity contribution in [1.29, 1.82) is 0 Å². The fourth-order valence-electron chi connectivity index (χ4n) is 3.87. The van der Waals surface area contributed by atoms with E-state index >= 15 is 0 Å². The first-order chi connectivity index (χ1) is 15.5. The molecule has 0 spiro atoms. The second kappa shape index (κ2) is 13.4. The number of hydrogen-bond acceptors (Lipinski definition) is 4. The molecule has 3 rings (SSSR count). The second-order valence-corrected chi connectivity index (χ2v) is 7.96. The van der Waals surface area contributed by atoms with Crippen molar-refractivity contribution in [2.75, 3.05) is 39.9 Å². The molecule has 1 heterocycles. The monoisotopic (exact) mass is 566 g/mol. The van der Waals surface area contributed by atoms with E-state index in [2.05, 4.69) is 52.6 Å². The zero-order chi connectivity index (χ0) is 22.9. The van der Waals surface area contributed by atoms with Gasteiger partial charge in [-0.15, -0.1) is 24.0 Å². The Morgan fingerprint density at radius 1 is 1.21 bits per heavy atom. The highest BCUT2D eigenvalue weighted by atomic mass is 127. The summed E-state index contributed by atoms with van der Waals surface area (Å²) in [5, 5.41) is 6.18. The SMILES string of the molecule is CCNC(=O)COc1cccc(CNC(=NC)N2CCOC(c3ccc(C)cc3C)C2)c1.I. The molecule has 1 saturated heterocycles. The maximum Gasteiger partial charge on any atom is 0.257 e. The van der Waals surface area contributed by atoms with Crippen LogP contribution >= 0.6 is 24.0 Å². The Labute approximate surface area is 214 Å². The van der Waals surface area contributed by atoms with Crippen molar-refractivity contribution in [3.63, 3.8) is 0 Å². The summed E-state index contributed by atoms with van der Waals surface area (Å²) in [6, 6.07) is 14.3. The molecule has 2 aromatic rings. The number of hydrogen-bond donors (Lipinski definition) is 2. The molecule has 0 aliphatic carbocycles. The molecule has 1 aliphatic rings. The van der Waals surface area contributed by atoms with Gasteiger partial charge >= 0.3 is 0 Å². The predicted octanol–water partition coefficient (Wildman–Crippen LogP) is 3.59. The molecule has 0 aromatic heterocycles. The number of carbonyl (C=O) groups excluding carboxylic acids is 1. The molecule has 1 amide bonds. The lowest BCUT2D eigenvalue weighted by Gasteiger charge is -2.36. The van der Waals surface area contributed by atoms with Crippen molar-refractivity contribution in [3.8, 4) is 5.75 Å². The Hall–Kier alpha value is -2.33. The molecule has 1 aliphatic heterocycles. The number of aryl methyl sites for hydroxylation is 2. The molecule has 2 aromatic carbocycles. The van der Waals surface area contributed by atoms with Gasteiger partial charge in [-0.2, -0.15) is 0 Å². The lowest BCUT2D eigenvalue weighted by Crippen LogP contribution is -2.48. The van der Waals surface area contributed by atoms with E-state index < -0.39 is 0 Å². The van der Waals surface area contributed by atoms with Gasteiger partial charge in [0.25, 0.3) is 5.91 Å². The van der Waals surface area contributed by atoms with Crippen LogP contribution in [0.5, 0.6) is 5.75 Å². The summed E-state index contributed by atoms with van der Waals surface area (Å²) in [4.78, 5) is 18.3. The molecule has 1 unspecified atom stereocenters. The Morgan fingerprint density at radius 3 is 2.76 bits per heavy atom. The largest absolute Gasteiger partial charge is 0.484 e. The molecule has 180 valence electrons. The molecule has 1 atom stereocenters.